The number of hydrogen-bond acceptors (Lipinski definition) is 7. The van der Waals surface area contributed by atoms with Crippen LogP contribution in [0.3, 0.4) is 0 Å². The smallest absolute Gasteiger partial charge is 0.251 e. The summed E-state index contributed by atoms with van der Waals surface area (Å²) in [4.78, 5) is 18.4. The van der Waals surface area contributed by atoms with Crippen LogP contribution in [-0.4, -0.2) is 81.6 Å². The number of nitrogens with one attached hydrogen (secondary N) is 1. The first kappa shape index (κ1) is 31.2. The number of carbonyl (C=O) groups is 1. The van der Waals surface area contributed by atoms with E-state index in [2.05, 4.69) is 53.2 Å². The second-order valence-electron chi connectivity index (χ2n) is 11.8. The van der Waals surface area contributed by atoms with E-state index in [9.17, 15) is 18.3 Å². The fourth-order valence-corrected chi connectivity index (χ4v) is 7.03. The lowest BCUT2D eigenvalue weighted by molar-refractivity contribution is -0.00258. The molecule has 0 saturated carbocycles. The first-order chi connectivity index (χ1) is 20.7. The maximum absolute atomic E-state index is 13.2. The van der Waals surface area contributed by atoms with Crippen molar-refractivity contribution >= 4 is 21.4 Å². The zero-order chi connectivity index (χ0) is 30.6. The van der Waals surface area contributed by atoms with Crippen LogP contribution < -0.4 is 10.2 Å². The van der Waals surface area contributed by atoms with Gasteiger partial charge in [-0.3, -0.25) is 9.69 Å². The molecule has 2 N–H and O–H groups in total. The largest absolute Gasteiger partial charge is 0.394 e. The van der Waals surface area contributed by atoms with Gasteiger partial charge in [-0.2, -0.15) is 0 Å². The van der Waals surface area contributed by atoms with E-state index in [4.69, 9.17) is 4.74 Å². The van der Waals surface area contributed by atoms with E-state index in [0.717, 1.165) is 45.0 Å². The van der Waals surface area contributed by atoms with Gasteiger partial charge in [-0.1, -0.05) is 48.9 Å². The third-order valence-electron chi connectivity index (χ3n) is 8.88. The number of ether oxygens (including phenoxy) is 1. The van der Waals surface area contributed by atoms with Gasteiger partial charge < -0.3 is 20.1 Å². The molecule has 2 aliphatic heterocycles. The Bertz CT molecular complexity index is 1480. The molecular weight excluding hydrogens is 562 g/mol. The summed E-state index contributed by atoms with van der Waals surface area (Å²) < 4.78 is 30.0. The molecule has 9 heteroatoms. The van der Waals surface area contributed by atoms with Gasteiger partial charge >= 0.3 is 0 Å². The van der Waals surface area contributed by atoms with Crippen molar-refractivity contribution in [2.24, 2.45) is 0 Å². The number of sulfone groups is 1. The molecule has 5 rings (SSSR count). The Labute approximate surface area is 255 Å². The van der Waals surface area contributed by atoms with E-state index in [1.54, 1.807) is 19.1 Å². The molecule has 0 bridgehead atoms. The average molecular weight is 606 g/mol. The summed E-state index contributed by atoms with van der Waals surface area (Å²) in [7, 11) is -3.32. The van der Waals surface area contributed by atoms with Crippen molar-refractivity contribution in [3.8, 4) is 0 Å². The van der Waals surface area contributed by atoms with Gasteiger partial charge in [0.15, 0.2) is 9.84 Å². The molecule has 2 aliphatic rings. The number of carbonyl (C=O) groups excluding carboxylic acids is 1. The summed E-state index contributed by atoms with van der Waals surface area (Å²) in [5.41, 5.74) is 4.85. The van der Waals surface area contributed by atoms with Crippen molar-refractivity contribution in [2.45, 2.75) is 56.1 Å². The highest BCUT2D eigenvalue weighted by Crippen LogP contribution is 2.36. The summed E-state index contributed by atoms with van der Waals surface area (Å²) in [5.74, 6) is 0.141. The zero-order valence-electron chi connectivity index (χ0n) is 25.3. The number of amides is 1. The molecule has 0 unspecified atom stereocenters. The summed E-state index contributed by atoms with van der Waals surface area (Å²) in [6, 6.07) is 23.0. The molecule has 8 nitrogen and oxygen atoms in total. The number of aliphatic hydroxyl groups is 1. The molecule has 3 aromatic carbocycles. The highest BCUT2D eigenvalue weighted by molar-refractivity contribution is 7.91. The minimum atomic E-state index is -3.32. The second kappa shape index (κ2) is 13.6. The standard InChI is InChI=1S/C34H43N3O5S/c1-4-43(40,41)32-15-11-27(12-16-32)33(22-38)35-34(39)28-9-13-30(14-10-28)37-20-29(26-7-5-24(2)6-8-26)19-31(37)21-36-17-18-42-23-25(36)3/h5-16,25,29,31,33,38H,4,17-23H2,1-3H3,(H,35,39)/t25-,29+,31-,33-/m0/s1. The predicted octanol–water partition coefficient (Wildman–Crippen LogP) is 4.34. The molecule has 0 aromatic heterocycles. The van der Waals surface area contributed by atoms with Crippen LogP contribution in [0, 0.1) is 6.92 Å². The van der Waals surface area contributed by atoms with E-state index < -0.39 is 15.9 Å². The lowest BCUT2D eigenvalue weighted by Gasteiger charge is -2.37. The minimum Gasteiger partial charge on any atom is -0.394 e. The Hall–Kier alpha value is -3.24. The quantitative estimate of drug-likeness (QED) is 0.355. The number of benzene rings is 3. The molecule has 2 saturated heterocycles. The van der Waals surface area contributed by atoms with Crippen LogP contribution in [0.2, 0.25) is 0 Å². The normalized spacial score (nSPS) is 22.0. The minimum absolute atomic E-state index is 0.0135. The van der Waals surface area contributed by atoms with E-state index in [1.807, 2.05) is 24.3 Å². The Morgan fingerprint density at radius 2 is 1.74 bits per heavy atom. The number of aliphatic hydroxyl groups excluding tert-OH is 1. The summed E-state index contributed by atoms with van der Waals surface area (Å²) in [6.07, 6.45) is 1.06. The zero-order valence-corrected chi connectivity index (χ0v) is 26.1. The number of morpholine rings is 1. The second-order valence-corrected chi connectivity index (χ2v) is 14.1. The van der Waals surface area contributed by atoms with Gasteiger partial charge in [0.25, 0.3) is 5.91 Å². The van der Waals surface area contributed by atoms with Crippen molar-refractivity contribution in [2.75, 3.05) is 50.1 Å². The molecule has 230 valence electrons. The molecule has 0 radical (unpaired) electrons. The van der Waals surface area contributed by atoms with Gasteiger partial charge in [0.1, 0.15) is 0 Å². The SMILES string of the molecule is CCS(=O)(=O)c1ccc([C@H](CO)NC(=O)c2ccc(N3C[C@H](c4ccc(C)cc4)C[C@H]3CN3CCOC[C@@H]3C)cc2)cc1. The van der Waals surface area contributed by atoms with Crippen molar-refractivity contribution in [1.29, 1.82) is 0 Å². The first-order valence-electron chi connectivity index (χ1n) is 15.2. The Balaban J connectivity index is 1.30. The molecule has 4 atom stereocenters. The molecule has 2 fully saturated rings. The Morgan fingerprint density at radius 3 is 2.37 bits per heavy atom. The molecule has 43 heavy (non-hydrogen) atoms. The predicted molar refractivity (Wildman–Crippen MR) is 169 cm³/mol. The van der Waals surface area contributed by atoms with Crippen molar-refractivity contribution < 1.29 is 23.1 Å². The van der Waals surface area contributed by atoms with Crippen molar-refractivity contribution in [3.63, 3.8) is 0 Å². The summed E-state index contributed by atoms with van der Waals surface area (Å²) in [5, 5.41) is 12.9. The van der Waals surface area contributed by atoms with E-state index in [-0.39, 0.29) is 23.2 Å². The highest BCUT2D eigenvalue weighted by atomic mass is 32.2. The van der Waals surface area contributed by atoms with Gasteiger partial charge in [-0.15, -0.1) is 0 Å². The lowest BCUT2D eigenvalue weighted by Crippen LogP contribution is -2.49. The maximum atomic E-state index is 13.2. The number of hydrogen-bond donors (Lipinski definition) is 2. The third kappa shape index (κ3) is 7.29. The monoisotopic (exact) mass is 605 g/mol. The van der Waals surface area contributed by atoms with Gasteiger partial charge in [-0.05, 0) is 67.8 Å². The summed E-state index contributed by atoms with van der Waals surface area (Å²) in [6.45, 7) is 9.96. The molecule has 0 spiro atoms. The van der Waals surface area contributed by atoms with Crippen LogP contribution >= 0.6 is 0 Å². The van der Waals surface area contributed by atoms with Crippen LogP contribution in [0.5, 0.6) is 0 Å². The number of nitrogens with zero attached hydrogens (tertiary/aromatic N) is 2. The van der Waals surface area contributed by atoms with E-state index >= 15 is 0 Å². The molecule has 0 aliphatic carbocycles. The fourth-order valence-electron chi connectivity index (χ4n) is 6.14. The van der Waals surface area contributed by atoms with Crippen LogP contribution in [0.1, 0.15) is 59.3 Å². The van der Waals surface area contributed by atoms with E-state index in [1.165, 1.54) is 23.3 Å². The number of rotatable bonds is 10. The molecule has 3 aromatic rings. The number of aryl methyl sites for hydroxylation is 1. The van der Waals surface area contributed by atoms with Crippen molar-refractivity contribution in [3.05, 3.63) is 95.1 Å². The van der Waals surface area contributed by atoms with Crippen LogP contribution in [0.4, 0.5) is 5.69 Å². The van der Waals surface area contributed by atoms with Gasteiger partial charge in [0, 0.05) is 48.9 Å². The van der Waals surface area contributed by atoms with Gasteiger partial charge in [0.2, 0.25) is 0 Å². The van der Waals surface area contributed by atoms with Gasteiger partial charge in [0.05, 0.1) is 36.5 Å². The molecule has 2 heterocycles. The maximum Gasteiger partial charge on any atom is 0.251 e. The molecular formula is C34H43N3O5S. The third-order valence-corrected chi connectivity index (χ3v) is 10.6. The summed E-state index contributed by atoms with van der Waals surface area (Å²) >= 11 is 0. The topological polar surface area (TPSA) is 99.2 Å². The van der Waals surface area contributed by atoms with Crippen LogP contribution in [0.25, 0.3) is 0 Å². The Morgan fingerprint density at radius 1 is 1.05 bits per heavy atom. The lowest BCUT2D eigenvalue weighted by atomic mass is 9.95. The first-order valence-corrected chi connectivity index (χ1v) is 16.8. The number of anilines is 1. The van der Waals surface area contributed by atoms with Crippen molar-refractivity contribution in [1.82, 2.24) is 10.2 Å². The van der Waals surface area contributed by atoms with E-state index in [0.29, 0.717) is 29.1 Å². The average Bonchev–Trinajstić information content (AvgIpc) is 3.45. The fraction of sp³-hybridized carbons (Fsp3) is 0.441. The van der Waals surface area contributed by atoms with Crippen LogP contribution in [-0.2, 0) is 14.6 Å². The van der Waals surface area contributed by atoms with Gasteiger partial charge in [-0.25, -0.2) is 8.42 Å². The molecule has 1 amide bonds. The van der Waals surface area contributed by atoms with Crippen LogP contribution in [0.15, 0.2) is 77.7 Å². The Kier molecular flexibility index (Phi) is 9.86. The highest BCUT2D eigenvalue weighted by Gasteiger charge is 2.35.